The molecule has 1 saturated carbocycles. The minimum atomic E-state index is -0.892. The summed E-state index contributed by atoms with van der Waals surface area (Å²) in [6.45, 7) is 0.0890. The number of hydrogen-bond donors (Lipinski definition) is 2. The van der Waals surface area contributed by atoms with E-state index in [0.29, 0.717) is 12.8 Å². The van der Waals surface area contributed by atoms with Crippen molar-refractivity contribution in [2.45, 2.75) is 12.8 Å². The van der Waals surface area contributed by atoms with Crippen LogP contribution in [0.5, 0.6) is 0 Å². The van der Waals surface area contributed by atoms with Crippen LogP contribution >= 0.6 is 0 Å². The lowest BCUT2D eigenvalue weighted by Gasteiger charge is -2.10. The molecular formula is C11H13N3O4. The van der Waals surface area contributed by atoms with Crippen LogP contribution in [-0.2, 0) is 11.8 Å². The van der Waals surface area contributed by atoms with E-state index >= 15 is 0 Å². The van der Waals surface area contributed by atoms with Gasteiger partial charge in [0.05, 0.1) is 5.41 Å². The van der Waals surface area contributed by atoms with Crippen LogP contribution in [0, 0.1) is 5.41 Å². The molecule has 2 rings (SSSR count). The molecule has 1 heterocycles. The molecule has 1 aliphatic rings. The summed E-state index contributed by atoms with van der Waals surface area (Å²) >= 11 is 0. The zero-order valence-corrected chi connectivity index (χ0v) is 9.84. The number of nitrogens with one attached hydrogen (secondary N) is 1. The average Bonchev–Trinajstić information content (AvgIpc) is 3.11. The second-order valence-electron chi connectivity index (χ2n) is 4.45. The van der Waals surface area contributed by atoms with Gasteiger partial charge in [0.25, 0.3) is 11.5 Å². The highest BCUT2D eigenvalue weighted by Crippen LogP contribution is 2.45. The lowest BCUT2D eigenvalue weighted by atomic mass is 10.1. The fourth-order valence-electron chi connectivity index (χ4n) is 1.58. The van der Waals surface area contributed by atoms with E-state index in [1.165, 1.54) is 19.2 Å². The van der Waals surface area contributed by atoms with Crippen molar-refractivity contribution in [1.29, 1.82) is 0 Å². The number of aryl methyl sites for hydroxylation is 1. The van der Waals surface area contributed by atoms with Crippen molar-refractivity contribution in [3.63, 3.8) is 0 Å². The minimum absolute atomic E-state index is 0.0890. The summed E-state index contributed by atoms with van der Waals surface area (Å²) in [6.07, 6.45) is 1.15. The van der Waals surface area contributed by atoms with Crippen molar-refractivity contribution >= 4 is 11.9 Å². The van der Waals surface area contributed by atoms with E-state index in [4.69, 9.17) is 5.11 Å². The van der Waals surface area contributed by atoms with Gasteiger partial charge in [-0.25, -0.2) is 4.68 Å². The molecule has 1 aromatic heterocycles. The van der Waals surface area contributed by atoms with Crippen LogP contribution in [0.25, 0.3) is 0 Å². The van der Waals surface area contributed by atoms with Gasteiger partial charge in [0, 0.05) is 19.7 Å². The van der Waals surface area contributed by atoms with E-state index in [-0.39, 0.29) is 17.8 Å². The number of aliphatic carboxylic acids is 1. The summed E-state index contributed by atoms with van der Waals surface area (Å²) in [5.74, 6) is -1.37. The Morgan fingerprint density at radius 2 is 2.17 bits per heavy atom. The van der Waals surface area contributed by atoms with E-state index in [1.807, 2.05) is 0 Å². The Labute approximate surface area is 102 Å². The van der Waals surface area contributed by atoms with Gasteiger partial charge in [0.1, 0.15) is 5.69 Å². The highest BCUT2D eigenvalue weighted by atomic mass is 16.4. The summed E-state index contributed by atoms with van der Waals surface area (Å²) in [6, 6.07) is 2.56. The van der Waals surface area contributed by atoms with E-state index in [1.54, 1.807) is 0 Å². The molecule has 2 N–H and O–H groups in total. The van der Waals surface area contributed by atoms with Crippen LogP contribution in [0.2, 0.25) is 0 Å². The molecule has 0 spiro atoms. The number of carboxylic acids is 1. The van der Waals surface area contributed by atoms with Gasteiger partial charge >= 0.3 is 5.97 Å². The number of amides is 1. The molecule has 0 unspecified atom stereocenters. The molecular weight excluding hydrogens is 238 g/mol. The molecule has 1 aromatic rings. The number of carboxylic acid groups (broad SMARTS) is 1. The first-order chi connectivity index (χ1) is 8.44. The Morgan fingerprint density at radius 1 is 1.50 bits per heavy atom. The minimum Gasteiger partial charge on any atom is -0.481 e. The molecule has 0 radical (unpaired) electrons. The topological polar surface area (TPSA) is 101 Å². The number of aromatic nitrogens is 2. The van der Waals surface area contributed by atoms with Gasteiger partial charge in [-0.05, 0) is 18.9 Å². The standard InChI is InChI=1S/C11H13N3O4/c1-14-8(15)3-2-7(13-14)9(16)12-6-11(4-5-11)10(17)18/h2-3H,4-6H2,1H3,(H,12,16)(H,17,18). The maximum absolute atomic E-state index is 11.7. The average molecular weight is 251 g/mol. The first kappa shape index (κ1) is 12.3. The lowest BCUT2D eigenvalue weighted by Crippen LogP contribution is -2.35. The quantitative estimate of drug-likeness (QED) is 0.742. The van der Waals surface area contributed by atoms with Gasteiger partial charge in [-0.3, -0.25) is 14.4 Å². The first-order valence-electron chi connectivity index (χ1n) is 5.51. The summed E-state index contributed by atoms with van der Waals surface area (Å²) < 4.78 is 1.05. The molecule has 0 aliphatic heterocycles. The molecule has 0 atom stereocenters. The van der Waals surface area contributed by atoms with Gasteiger partial charge in [-0.2, -0.15) is 5.10 Å². The first-order valence-corrected chi connectivity index (χ1v) is 5.51. The van der Waals surface area contributed by atoms with Crippen molar-refractivity contribution < 1.29 is 14.7 Å². The number of carbonyl (C=O) groups is 2. The maximum Gasteiger partial charge on any atom is 0.311 e. The van der Waals surface area contributed by atoms with Crippen LogP contribution in [0.3, 0.4) is 0 Å². The Balaban J connectivity index is 2.02. The zero-order valence-electron chi connectivity index (χ0n) is 9.84. The number of hydrogen-bond acceptors (Lipinski definition) is 4. The van der Waals surface area contributed by atoms with Gasteiger partial charge in [0.15, 0.2) is 0 Å². The predicted molar refractivity (Wildman–Crippen MR) is 61.1 cm³/mol. The summed E-state index contributed by atoms with van der Waals surface area (Å²) in [5.41, 5.74) is -1.02. The fraction of sp³-hybridized carbons (Fsp3) is 0.455. The zero-order chi connectivity index (χ0) is 13.3. The molecule has 7 nitrogen and oxygen atoms in total. The molecule has 96 valence electrons. The van der Waals surface area contributed by atoms with Crippen molar-refractivity contribution in [3.8, 4) is 0 Å². The van der Waals surface area contributed by atoms with Crippen molar-refractivity contribution in [2.75, 3.05) is 6.54 Å². The maximum atomic E-state index is 11.7. The van der Waals surface area contributed by atoms with Gasteiger partial charge in [-0.1, -0.05) is 0 Å². The Bertz CT molecular complexity index is 560. The molecule has 1 amide bonds. The van der Waals surface area contributed by atoms with Gasteiger partial charge < -0.3 is 10.4 Å². The highest BCUT2D eigenvalue weighted by Gasteiger charge is 2.50. The number of carbonyl (C=O) groups excluding carboxylic acids is 1. The van der Waals surface area contributed by atoms with Crippen LogP contribution in [0.1, 0.15) is 23.3 Å². The normalized spacial score (nSPS) is 16.1. The largest absolute Gasteiger partial charge is 0.481 e. The third-order valence-corrected chi connectivity index (χ3v) is 3.09. The smallest absolute Gasteiger partial charge is 0.311 e. The number of nitrogens with zero attached hydrogens (tertiary/aromatic N) is 2. The highest BCUT2D eigenvalue weighted by molar-refractivity contribution is 5.92. The van der Waals surface area contributed by atoms with E-state index < -0.39 is 17.3 Å². The summed E-state index contributed by atoms with van der Waals surface area (Å²) in [4.78, 5) is 33.7. The summed E-state index contributed by atoms with van der Waals surface area (Å²) in [5, 5.41) is 15.3. The SMILES string of the molecule is Cn1nc(C(=O)NCC2(C(=O)O)CC2)ccc1=O. The third-order valence-electron chi connectivity index (χ3n) is 3.09. The van der Waals surface area contributed by atoms with E-state index in [2.05, 4.69) is 10.4 Å². The van der Waals surface area contributed by atoms with E-state index in [9.17, 15) is 14.4 Å². The van der Waals surface area contributed by atoms with Crippen LogP contribution < -0.4 is 10.9 Å². The fourth-order valence-corrected chi connectivity index (χ4v) is 1.58. The van der Waals surface area contributed by atoms with Crippen molar-refractivity contribution in [1.82, 2.24) is 15.1 Å². The summed E-state index contributed by atoms with van der Waals surface area (Å²) in [7, 11) is 1.44. The van der Waals surface area contributed by atoms with Crippen LogP contribution in [-0.4, -0.2) is 33.3 Å². The molecule has 1 fully saturated rings. The Hall–Kier alpha value is -2.18. The number of rotatable bonds is 4. The second kappa shape index (κ2) is 4.25. The molecule has 0 bridgehead atoms. The molecule has 18 heavy (non-hydrogen) atoms. The molecule has 0 saturated heterocycles. The Kier molecular flexibility index (Phi) is 2.90. The van der Waals surface area contributed by atoms with Crippen molar-refractivity contribution in [3.05, 3.63) is 28.2 Å². The van der Waals surface area contributed by atoms with Gasteiger partial charge in [-0.15, -0.1) is 0 Å². The van der Waals surface area contributed by atoms with Crippen molar-refractivity contribution in [2.24, 2.45) is 12.5 Å². The Morgan fingerprint density at radius 3 is 2.67 bits per heavy atom. The monoisotopic (exact) mass is 251 g/mol. The van der Waals surface area contributed by atoms with Gasteiger partial charge in [0.2, 0.25) is 0 Å². The van der Waals surface area contributed by atoms with E-state index in [0.717, 1.165) is 4.68 Å². The van der Waals surface area contributed by atoms with Crippen LogP contribution in [0.15, 0.2) is 16.9 Å². The van der Waals surface area contributed by atoms with Crippen LogP contribution in [0.4, 0.5) is 0 Å². The second-order valence-corrected chi connectivity index (χ2v) is 4.45. The third kappa shape index (κ3) is 2.24. The molecule has 0 aromatic carbocycles. The molecule has 7 heteroatoms. The lowest BCUT2D eigenvalue weighted by molar-refractivity contribution is -0.143. The predicted octanol–water partition coefficient (Wildman–Crippen LogP) is -0.625. The molecule has 1 aliphatic carbocycles.